The van der Waals surface area contributed by atoms with Crippen molar-refractivity contribution >= 4 is 29.9 Å². The van der Waals surface area contributed by atoms with E-state index in [0.717, 1.165) is 47.5 Å². The molecule has 0 spiro atoms. The van der Waals surface area contributed by atoms with Crippen molar-refractivity contribution < 1.29 is 14.2 Å². The molecule has 0 aliphatic heterocycles. The Balaban J connectivity index is 0.00000480. The van der Waals surface area contributed by atoms with Crippen LogP contribution in [0.2, 0.25) is 0 Å². The molecular weight excluding hydrogens is 509 g/mol. The van der Waals surface area contributed by atoms with Crippen molar-refractivity contribution in [1.82, 2.24) is 20.4 Å². The molecule has 0 aliphatic carbocycles. The molecule has 1 atom stereocenters. The highest BCUT2D eigenvalue weighted by Gasteiger charge is 2.12. The number of aryl methyl sites for hydroxylation is 1. The van der Waals surface area contributed by atoms with Gasteiger partial charge in [-0.3, -0.25) is 4.68 Å². The van der Waals surface area contributed by atoms with Gasteiger partial charge in [0.05, 0.1) is 39.0 Å². The molecule has 0 amide bonds. The Morgan fingerprint density at radius 1 is 1.16 bits per heavy atom. The highest BCUT2D eigenvalue weighted by atomic mass is 127. The summed E-state index contributed by atoms with van der Waals surface area (Å²) in [6.07, 6.45) is -0.0644. The van der Waals surface area contributed by atoms with Crippen molar-refractivity contribution in [2.75, 3.05) is 33.9 Å². The van der Waals surface area contributed by atoms with Crippen LogP contribution in [-0.2, 0) is 17.8 Å². The molecule has 2 aromatic rings. The van der Waals surface area contributed by atoms with E-state index in [9.17, 15) is 0 Å². The van der Waals surface area contributed by atoms with Crippen LogP contribution >= 0.6 is 24.0 Å². The maximum atomic E-state index is 6.01. The van der Waals surface area contributed by atoms with Gasteiger partial charge in [0.1, 0.15) is 6.10 Å². The number of ether oxygens (including phenoxy) is 3. The van der Waals surface area contributed by atoms with Crippen LogP contribution in [0.25, 0.3) is 0 Å². The topological polar surface area (TPSA) is 81.9 Å². The Bertz CT molecular complexity index is 825. The molecule has 1 aromatic heterocycles. The number of nitrogens with zero attached hydrogens (tertiary/aromatic N) is 3. The Labute approximate surface area is 202 Å². The summed E-state index contributed by atoms with van der Waals surface area (Å²) in [7, 11) is 3.34. The van der Waals surface area contributed by atoms with E-state index in [0.29, 0.717) is 19.7 Å². The SMILES string of the molecule is CCNC(=NCc1c(C)nn(CCOC)c1C)NCC(C)Oc1ccccc1OC.I. The number of hydrogen-bond donors (Lipinski definition) is 2. The van der Waals surface area contributed by atoms with Gasteiger partial charge in [-0.05, 0) is 39.8 Å². The molecule has 9 heteroatoms. The summed E-state index contributed by atoms with van der Waals surface area (Å²) >= 11 is 0. The molecule has 1 unspecified atom stereocenters. The van der Waals surface area contributed by atoms with Crippen molar-refractivity contribution in [2.24, 2.45) is 4.99 Å². The number of methoxy groups -OCH3 is 2. The van der Waals surface area contributed by atoms with Crippen LogP contribution in [0.5, 0.6) is 11.5 Å². The minimum Gasteiger partial charge on any atom is -0.493 e. The van der Waals surface area contributed by atoms with Gasteiger partial charge >= 0.3 is 0 Å². The van der Waals surface area contributed by atoms with Crippen LogP contribution in [0.4, 0.5) is 0 Å². The lowest BCUT2D eigenvalue weighted by Crippen LogP contribution is -2.41. The zero-order chi connectivity index (χ0) is 21.9. The lowest BCUT2D eigenvalue weighted by Gasteiger charge is -2.19. The van der Waals surface area contributed by atoms with Crippen molar-refractivity contribution in [1.29, 1.82) is 0 Å². The number of nitrogens with one attached hydrogen (secondary N) is 2. The quantitative estimate of drug-likeness (QED) is 0.256. The third-order valence-corrected chi connectivity index (χ3v) is 4.73. The third-order valence-electron chi connectivity index (χ3n) is 4.73. The standard InChI is InChI=1S/C22H35N5O3.HI/c1-7-23-22(24-14-16(2)30-21-11-9-8-10-20(21)29-6)25-15-19-17(3)26-27(18(19)4)12-13-28-5;/h8-11,16H,7,12-15H2,1-6H3,(H2,23,24,25);1H. The molecule has 8 nitrogen and oxygen atoms in total. The van der Waals surface area contributed by atoms with Crippen molar-refractivity contribution in [2.45, 2.75) is 46.9 Å². The summed E-state index contributed by atoms with van der Waals surface area (Å²) < 4.78 is 18.5. The summed E-state index contributed by atoms with van der Waals surface area (Å²) in [4.78, 5) is 4.74. The average molecular weight is 545 g/mol. The molecular formula is C22H36IN5O3. The minimum absolute atomic E-state index is 0. The number of rotatable bonds is 11. The Hall–Kier alpha value is -2.01. The smallest absolute Gasteiger partial charge is 0.191 e. The summed E-state index contributed by atoms with van der Waals surface area (Å²) in [6, 6.07) is 7.65. The highest BCUT2D eigenvalue weighted by Crippen LogP contribution is 2.26. The van der Waals surface area contributed by atoms with Crippen molar-refractivity contribution in [3.8, 4) is 11.5 Å². The predicted molar refractivity (Wildman–Crippen MR) is 135 cm³/mol. The van der Waals surface area contributed by atoms with Gasteiger partial charge in [-0.25, -0.2) is 4.99 Å². The van der Waals surface area contributed by atoms with E-state index in [1.165, 1.54) is 0 Å². The Kier molecular flexibility index (Phi) is 12.3. The van der Waals surface area contributed by atoms with Crippen LogP contribution < -0.4 is 20.1 Å². The van der Waals surface area contributed by atoms with Gasteiger partial charge in [-0.2, -0.15) is 5.10 Å². The molecule has 2 rings (SSSR count). The van der Waals surface area contributed by atoms with E-state index >= 15 is 0 Å². The predicted octanol–water partition coefficient (Wildman–Crippen LogP) is 3.30. The molecule has 31 heavy (non-hydrogen) atoms. The molecule has 0 aliphatic rings. The summed E-state index contributed by atoms with van der Waals surface area (Å²) in [5, 5.41) is 11.2. The number of guanidine groups is 1. The first-order chi connectivity index (χ1) is 14.5. The van der Waals surface area contributed by atoms with Crippen molar-refractivity contribution in [3.63, 3.8) is 0 Å². The van der Waals surface area contributed by atoms with Gasteiger partial charge in [0, 0.05) is 24.9 Å². The first-order valence-electron chi connectivity index (χ1n) is 10.3. The van der Waals surface area contributed by atoms with Crippen LogP contribution in [0.1, 0.15) is 30.8 Å². The largest absolute Gasteiger partial charge is 0.493 e. The molecule has 0 saturated carbocycles. The summed E-state index contributed by atoms with van der Waals surface area (Å²) in [5.41, 5.74) is 3.26. The van der Waals surface area contributed by atoms with E-state index in [1.54, 1.807) is 14.2 Å². The second-order valence-electron chi connectivity index (χ2n) is 7.02. The summed E-state index contributed by atoms with van der Waals surface area (Å²) in [5.74, 6) is 2.20. The highest BCUT2D eigenvalue weighted by molar-refractivity contribution is 14.0. The minimum atomic E-state index is -0.0644. The molecule has 1 aromatic carbocycles. The average Bonchev–Trinajstić information content (AvgIpc) is 3.01. The molecule has 2 N–H and O–H groups in total. The molecule has 0 bridgehead atoms. The number of aliphatic imine (C=N–C) groups is 1. The van der Waals surface area contributed by atoms with E-state index in [-0.39, 0.29) is 30.1 Å². The van der Waals surface area contributed by atoms with Gasteiger partial charge in [-0.1, -0.05) is 12.1 Å². The van der Waals surface area contributed by atoms with Crippen LogP contribution in [0.3, 0.4) is 0 Å². The maximum absolute atomic E-state index is 6.01. The molecule has 1 heterocycles. The number of hydrogen-bond acceptors (Lipinski definition) is 5. The lowest BCUT2D eigenvalue weighted by atomic mass is 10.2. The van der Waals surface area contributed by atoms with E-state index < -0.39 is 0 Å². The fourth-order valence-corrected chi connectivity index (χ4v) is 3.07. The monoisotopic (exact) mass is 545 g/mol. The van der Waals surface area contributed by atoms with Gasteiger partial charge in [-0.15, -0.1) is 24.0 Å². The molecule has 0 radical (unpaired) electrons. The number of benzene rings is 1. The lowest BCUT2D eigenvalue weighted by molar-refractivity contribution is 0.182. The number of halogens is 1. The van der Waals surface area contributed by atoms with Gasteiger partial charge in [0.25, 0.3) is 0 Å². The Morgan fingerprint density at radius 2 is 1.87 bits per heavy atom. The number of para-hydroxylation sites is 2. The van der Waals surface area contributed by atoms with E-state index in [1.807, 2.05) is 49.7 Å². The zero-order valence-corrected chi connectivity index (χ0v) is 21.7. The van der Waals surface area contributed by atoms with E-state index in [4.69, 9.17) is 19.2 Å². The van der Waals surface area contributed by atoms with E-state index in [2.05, 4.69) is 22.7 Å². The second kappa shape index (κ2) is 14.1. The van der Waals surface area contributed by atoms with Gasteiger partial charge < -0.3 is 24.8 Å². The second-order valence-corrected chi connectivity index (χ2v) is 7.02. The van der Waals surface area contributed by atoms with Crippen LogP contribution in [-0.4, -0.2) is 55.8 Å². The zero-order valence-electron chi connectivity index (χ0n) is 19.4. The molecule has 0 saturated heterocycles. The fourth-order valence-electron chi connectivity index (χ4n) is 3.07. The van der Waals surface area contributed by atoms with Crippen LogP contribution in [0, 0.1) is 13.8 Å². The van der Waals surface area contributed by atoms with Crippen molar-refractivity contribution in [3.05, 3.63) is 41.2 Å². The summed E-state index contributed by atoms with van der Waals surface area (Å²) in [6.45, 7) is 11.5. The fraction of sp³-hybridized carbons (Fsp3) is 0.545. The third kappa shape index (κ3) is 8.21. The first kappa shape index (κ1) is 27.0. The molecule has 0 fully saturated rings. The molecule has 174 valence electrons. The Morgan fingerprint density at radius 3 is 2.52 bits per heavy atom. The normalized spacial score (nSPS) is 12.1. The maximum Gasteiger partial charge on any atom is 0.191 e. The van der Waals surface area contributed by atoms with Gasteiger partial charge in [0.2, 0.25) is 0 Å². The van der Waals surface area contributed by atoms with Gasteiger partial charge in [0.15, 0.2) is 17.5 Å². The van der Waals surface area contributed by atoms with Crippen LogP contribution in [0.15, 0.2) is 29.3 Å². The first-order valence-corrected chi connectivity index (χ1v) is 10.3. The number of aromatic nitrogens is 2.